The Bertz CT molecular complexity index is 1750. The van der Waals surface area contributed by atoms with Crippen LogP contribution in [0.25, 0.3) is 16.7 Å². The molecule has 0 amide bonds. The lowest BCUT2D eigenvalue weighted by molar-refractivity contribution is -0.142. The number of alkyl halides is 3. The first-order chi connectivity index (χ1) is 21.2. The van der Waals surface area contributed by atoms with E-state index in [4.69, 9.17) is 27.9 Å². The maximum atomic E-state index is 14.3. The minimum absolute atomic E-state index is 0.0125. The zero-order valence-electron chi connectivity index (χ0n) is 24.6. The van der Waals surface area contributed by atoms with Gasteiger partial charge in [-0.15, -0.1) is 10.2 Å². The second-order valence-corrected chi connectivity index (χ2v) is 13.0. The molecule has 0 saturated heterocycles. The molecule has 0 atom stereocenters. The maximum Gasteiger partial charge on any atom is 0.418 e. The van der Waals surface area contributed by atoms with Crippen LogP contribution in [0.2, 0.25) is 10.0 Å². The van der Waals surface area contributed by atoms with Crippen LogP contribution < -0.4 is 9.62 Å². The van der Waals surface area contributed by atoms with Gasteiger partial charge < -0.3 is 15.0 Å². The summed E-state index contributed by atoms with van der Waals surface area (Å²) in [5.41, 5.74) is -1.16. The number of benzene rings is 2. The van der Waals surface area contributed by atoms with Crippen molar-refractivity contribution in [2.75, 3.05) is 50.0 Å². The normalized spacial score (nSPS) is 12.1. The first kappa shape index (κ1) is 34.3. The number of hydrogen-bond acceptors (Lipinski definition) is 8. The minimum Gasteiger partial charge on any atom is -0.464 e. The smallest absolute Gasteiger partial charge is 0.418 e. The third-order valence-corrected chi connectivity index (χ3v) is 8.79. The Labute approximate surface area is 268 Å². The Hall–Kier alpha value is -3.59. The van der Waals surface area contributed by atoms with Crippen molar-refractivity contribution in [1.82, 2.24) is 19.7 Å². The van der Waals surface area contributed by atoms with Gasteiger partial charge in [0.1, 0.15) is 12.4 Å². The van der Waals surface area contributed by atoms with Crippen LogP contribution in [0.1, 0.15) is 25.3 Å². The van der Waals surface area contributed by atoms with Gasteiger partial charge in [-0.1, -0.05) is 36.5 Å². The van der Waals surface area contributed by atoms with E-state index in [-0.39, 0.29) is 44.0 Å². The number of carbonyl (C=O) groups is 1. The maximum absolute atomic E-state index is 14.3. The number of fused-ring (bicyclic) bond motifs is 1. The second kappa shape index (κ2) is 14.2. The Morgan fingerprint density at radius 1 is 1.04 bits per heavy atom. The molecule has 0 unspecified atom stereocenters. The van der Waals surface area contributed by atoms with Crippen LogP contribution in [0, 0.1) is 0 Å². The van der Waals surface area contributed by atoms with Gasteiger partial charge in [-0.3, -0.25) is 13.7 Å². The van der Waals surface area contributed by atoms with Gasteiger partial charge in [0.25, 0.3) is 10.0 Å². The van der Waals surface area contributed by atoms with Gasteiger partial charge in [0.15, 0.2) is 5.82 Å². The third kappa shape index (κ3) is 8.37. The number of hydrogen-bond donors (Lipinski definition) is 1. The molecule has 2 heterocycles. The number of rotatable bonds is 13. The predicted molar refractivity (Wildman–Crippen MR) is 168 cm³/mol. The van der Waals surface area contributed by atoms with Gasteiger partial charge >= 0.3 is 12.1 Å². The molecule has 0 aliphatic rings. The standard InChI is InChI=1S/C29H31Cl2F3N6O4S/c1-4-5-12-44-28(41)18-40(45(42,43)22-14-19(30)13-20(31)15-22)21-6-7-25-23(16-21)24(29(32,33)34)17-39(25)27-9-8-26(36-37-27)35-10-11-38(2)3/h6-9,13-17H,4-5,10-12,18H2,1-3H3,(H,35,36). The van der Waals surface area contributed by atoms with Crippen LogP contribution >= 0.6 is 23.2 Å². The Kier molecular flexibility index (Phi) is 10.8. The molecule has 0 aliphatic heterocycles. The highest BCUT2D eigenvalue weighted by molar-refractivity contribution is 7.92. The van der Waals surface area contributed by atoms with Crippen molar-refractivity contribution in [3.63, 3.8) is 0 Å². The van der Waals surface area contributed by atoms with Crippen molar-refractivity contribution in [1.29, 1.82) is 0 Å². The summed E-state index contributed by atoms with van der Waals surface area (Å²) in [4.78, 5) is 14.3. The van der Waals surface area contributed by atoms with Gasteiger partial charge in [0.2, 0.25) is 0 Å². The quantitative estimate of drug-likeness (QED) is 0.130. The number of sulfonamides is 1. The van der Waals surface area contributed by atoms with Gasteiger partial charge in [0, 0.05) is 34.7 Å². The van der Waals surface area contributed by atoms with Crippen LogP contribution in [0.15, 0.2) is 59.6 Å². The number of likely N-dealkylation sites (N-methyl/N-ethyl adjacent to an activating group) is 1. The van der Waals surface area contributed by atoms with Crippen molar-refractivity contribution < 1.29 is 31.1 Å². The molecule has 0 bridgehead atoms. The van der Waals surface area contributed by atoms with Crippen LogP contribution in [-0.2, 0) is 25.7 Å². The zero-order valence-corrected chi connectivity index (χ0v) is 26.9. The van der Waals surface area contributed by atoms with Crippen LogP contribution in [0.3, 0.4) is 0 Å². The number of halogens is 5. The number of unbranched alkanes of at least 4 members (excludes halogenated alkanes) is 1. The molecule has 16 heteroatoms. The van der Waals surface area contributed by atoms with E-state index in [9.17, 15) is 26.4 Å². The summed E-state index contributed by atoms with van der Waals surface area (Å²) in [5, 5.41) is 11.0. The molecular weight excluding hydrogens is 656 g/mol. The van der Waals surface area contributed by atoms with Gasteiger partial charge in [-0.05, 0) is 69.0 Å². The fourth-order valence-corrected chi connectivity index (χ4v) is 6.49. The van der Waals surface area contributed by atoms with E-state index in [1.54, 1.807) is 6.07 Å². The minimum atomic E-state index is -4.81. The topological polar surface area (TPSA) is 110 Å². The summed E-state index contributed by atoms with van der Waals surface area (Å²) in [5.74, 6) is -0.328. The summed E-state index contributed by atoms with van der Waals surface area (Å²) in [7, 11) is -0.732. The third-order valence-electron chi connectivity index (χ3n) is 6.60. The highest BCUT2D eigenvalue weighted by Crippen LogP contribution is 2.39. The largest absolute Gasteiger partial charge is 0.464 e. The first-order valence-electron chi connectivity index (χ1n) is 13.8. The second-order valence-electron chi connectivity index (χ2n) is 10.3. The monoisotopic (exact) mass is 686 g/mol. The molecule has 0 saturated carbocycles. The van der Waals surface area contributed by atoms with E-state index in [1.165, 1.54) is 28.8 Å². The molecule has 2 aromatic carbocycles. The lowest BCUT2D eigenvalue weighted by Crippen LogP contribution is -2.36. The summed E-state index contributed by atoms with van der Waals surface area (Å²) < 4.78 is 77.7. The Morgan fingerprint density at radius 3 is 2.36 bits per heavy atom. The van der Waals surface area contributed by atoms with Crippen LogP contribution in [0.4, 0.5) is 24.7 Å². The van der Waals surface area contributed by atoms with Crippen molar-refractivity contribution in [3.8, 4) is 5.82 Å². The summed E-state index contributed by atoms with van der Waals surface area (Å²) in [6.07, 6.45) is -2.67. The summed E-state index contributed by atoms with van der Waals surface area (Å²) in [6.45, 7) is 2.45. The van der Waals surface area contributed by atoms with E-state index >= 15 is 0 Å². The fraction of sp³-hybridized carbons (Fsp3) is 0.345. The van der Waals surface area contributed by atoms with E-state index in [2.05, 4.69) is 15.5 Å². The van der Waals surface area contributed by atoms with Crippen molar-refractivity contribution in [2.24, 2.45) is 0 Å². The van der Waals surface area contributed by atoms with E-state index in [1.807, 2.05) is 25.9 Å². The fourth-order valence-electron chi connectivity index (χ4n) is 4.36. The van der Waals surface area contributed by atoms with E-state index < -0.39 is 34.3 Å². The van der Waals surface area contributed by atoms with Crippen LogP contribution in [0.5, 0.6) is 0 Å². The number of nitrogens with zero attached hydrogens (tertiary/aromatic N) is 5. The molecule has 45 heavy (non-hydrogen) atoms. The highest BCUT2D eigenvalue weighted by Gasteiger charge is 2.36. The Balaban J connectivity index is 1.80. The average molecular weight is 688 g/mol. The average Bonchev–Trinajstić information content (AvgIpc) is 3.35. The van der Waals surface area contributed by atoms with Crippen molar-refractivity contribution in [2.45, 2.75) is 30.8 Å². The molecule has 0 fully saturated rings. The Morgan fingerprint density at radius 2 is 1.76 bits per heavy atom. The number of ether oxygens (including phenoxy) is 1. The number of aromatic nitrogens is 3. The van der Waals surface area contributed by atoms with Crippen molar-refractivity contribution >= 4 is 61.6 Å². The molecule has 1 N–H and O–H groups in total. The molecular formula is C29H31Cl2F3N6O4S. The molecule has 0 aliphatic carbocycles. The van der Waals surface area contributed by atoms with Crippen LogP contribution in [-0.4, -0.2) is 74.4 Å². The van der Waals surface area contributed by atoms with E-state index in [0.29, 0.717) is 23.1 Å². The predicted octanol–water partition coefficient (Wildman–Crippen LogP) is 6.26. The first-order valence-corrected chi connectivity index (χ1v) is 16.0. The van der Waals surface area contributed by atoms with Gasteiger partial charge in [-0.25, -0.2) is 8.42 Å². The van der Waals surface area contributed by atoms with Gasteiger partial charge in [0.05, 0.1) is 28.3 Å². The summed E-state index contributed by atoms with van der Waals surface area (Å²) >= 11 is 12.1. The summed E-state index contributed by atoms with van der Waals surface area (Å²) in [6, 6.07) is 10.4. The molecule has 10 nitrogen and oxygen atoms in total. The number of esters is 1. The zero-order chi connectivity index (χ0) is 32.9. The molecule has 4 aromatic rings. The lowest BCUT2D eigenvalue weighted by Gasteiger charge is -2.24. The van der Waals surface area contributed by atoms with Crippen molar-refractivity contribution in [3.05, 3.63) is 70.3 Å². The number of nitrogens with one attached hydrogen (secondary N) is 1. The molecule has 0 spiro atoms. The number of carbonyl (C=O) groups excluding carboxylic acids is 1. The number of anilines is 2. The van der Waals surface area contributed by atoms with Gasteiger partial charge in [-0.2, -0.15) is 13.2 Å². The molecule has 4 rings (SSSR count). The molecule has 0 radical (unpaired) electrons. The molecule has 2 aromatic heterocycles. The lowest BCUT2D eigenvalue weighted by atomic mass is 10.1. The van der Waals surface area contributed by atoms with E-state index in [0.717, 1.165) is 37.4 Å². The highest BCUT2D eigenvalue weighted by atomic mass is 35.5. The SMILES string of the molecule is CCCCOC(=O)CN(c1ccc2c(c1)c(C(F)(F)F)cn2-c1ccc(NCCN(C)C)nn1)S(=O)(=O)c1cc(Cl)cc(Cl)c1. The molecule has 242 valence electrons.